The highest BCUT2D eigenvalue weighted by Gasteiger charge is 2.28. The zero-order valence-electron chi connectivity index (χ0n) is 9.43. The Labute approximate surface area is 98.6 Å². The van der Waals surface area contributed by atoms with E-state index in [4.69, 9.17) is 10.2 Å². The molecule has 0 aliphatic heterocycles. The van der Waals surface area contributed by atoms with Gasteiger partial charge in [-0.3, -0.25) is 0 Å². The van der Waals surface area contributed by atoms with Crippen molar-refractivity contribution in [3.63, 3.8) is 0 Å². The van der Waals surface area contributed by atoms with Gasteiger partial charge in [-0.15, -0.1) is 0 Å². The topological polar surface area (TPSA) is 127 Å². The first-order valence-electron chi connectivity index (χ1n) is 5.12. The van der Waals surface area contributed by atoms with Crippen molar-refractivity contribution in [2.75, 3.05) is 13.2 Å². The van der Waals surface area contributed by atoms with Gasteiger partial charge in [0.15, 0.2) is 0 Å². The van der Waals surface area contributed by atoms with E-state index in [9.17, 15) is 20.1 Å². The van der Waals surface area contributed by atoms with Crippen LogP contribution in [0.25, 0.3) is 0 Å². The van der Waals surface area contributed by atoms with Crippen LogP contribution in [-0.4, -0.2) is 69.1 Å². The van der Waals surface area contributed by atoms with E-state index in [0.29, 0.717) is 0 Å². The number of ether oxygens (including phenoxy) is 1. The Bertz CT molecular complexity index is 253. The van der Waals surface area contributed by atoms with Crippen LogP contribution in [0.1, 0.15) is 6.92 Å². The Morgan fingerprint density at radius 2 is 1.82 bits per heavy atom. The van der Waals surface area contributed by atoms with E-state index >= 15 is 0 Å². The molecule has 100 valence electrons. The minimum atomic E-state index is -1.72. The van der Waals surface area contributed by atoms with Crippen LogP contribution in [0.4, 0.5) is 0 Å². The second-order valence-electron chi connectivity index (χ2n) is 3.33. The minimum Gasteiger partial charge on any atom is -0.463 e. The average molecular weight is 250 g/mol. The molecule has 0 aromatic carbocycles. The molecule has 4 atom stereocenters. The number of aliphatic hydroxyl groups is 5. The number of hydrogen-bond acceptors (Lipinski definition) is 7. The maximum atomic E-state index is 10.9. The van der Waals surface area contributed by atoms with E-state index < -0.39 is 37.0 Å². The summed E-state index contributed by atoms with van der Waals surface area (Å²) in [6.45, 7) is 1.03. The van der Waals surface area contributed by atoms with Crippen LogP contribution in [0.5, 0.6) is 0 Å². The molecule has 17 heavy (non-hydrogen) atoms. The number of carbonyl (C=O) groups excluding carboxylic acids is 1. The molecule has 5 N–H and O–H groups in total. The Morgan fingerprint density at radius 1 is 1.24 bits per heavy atom. The SMILES string of the molecule is CCOC(=O)/C=C/[C@@H](O)[C@@H](O)[C@H](O)[C@H](O)CO. The molecule has 0 unspecified atom stereocenters. The Morgan fingerprint density at radius 3 is 2.29 bits per heavy atom. The van der Waals surface area contributed by atoms with E-state index in [2.05, 4.69) is 4.74 Å². The van der Waals surface area contributed by atoms with E-state index in [0.717, 1.165) is 12.2 Å². The molecule has 0 aliphatic carbocycles. The summed E-state index contributed by atoms with van der Waals surface area (Å²) in [5.74, 6) is -0.698. The molecule has 0 fully saturated rings. The van der Waals surface area contributed by atoms with Crippen molar-refractivity contribution in [1.29, 1.82) is 0 Å². The number of rotatable bonds is 7. The molecule has 7 heteroatoms. The van der Waals surface area contributed by atoms with Gasteiger partial charge in [-0.1, -0.05) is 0 Å². The molecular formula is C10H18O7. The molecule has 0 amide bonds. The summed E-state index contributed by atoms with van der Waals surface area (Å²) in [4.78, 5) is 10.9. The second-order valence-corrected chi connectivity index (χ2v) is 3.33. The molecule has 0 bridgehead atoms. The highest BCUT2D eigenvalue weighted by atomic mass is 16.5. The lowest BCUT2D eigenvalue weighted by atomic mass is 10.0. The zero-order chi connectivity index (χ0) is 13.4. The maximum absolute atomic E-state index is 10.9. The Balaban J connectivity index is 4.30. The van der Waals surface area contributed by atoms with Gasteiger partial charge in [0.05, 0.1) is 13.2 Å². The summed E-state index contributed by atoms with van der Waals surface area (Å²) in [7, 11) is 0. The third kappa shape index (κ3) is 5.76. The predicted octanol–water partition coefficient (Wildman–Crippen LogP) is -2.46. The fourth-order valence-electron chi connectivity index (χ4n) is 1.02. The van der Waals surface area contributed by atoms with Gasteiger partial charge in [-0.2, -0.15) is 0 Å². The van der Waals surface area contributed by atoms with Crippen molar-refractivity contribution in [3.8, 4) is 0 Å². The fraction of sp³-hybridized carbons (Fsp3) is 0.700. The van der Waals surface area contributed by atoms with Gasteiger partial charge in [0.2, 0.25) is 0 Å². The van der Waals surface area contributed by atoms with Gasteiger partial charge < -0.3 is 30.3 Å². The lowest BCUT2D eigenvalue weighted by molar-refractivity contribution is -0.137. The molecule has 7 nitrogen and oxygen atoms in total. The zero-order valence-corrected chi connectivity index (χ0v) is 9.43. The number of esters is 1. The molecule has 0 aromatic rings. The summed E-state index contributed by atoms with van der Waals surface area (Å²) in [5.41, 5.74) is 0. The first kappa shape index (κ1) is 16.0. The summed E-state index contributed by atoms with van der Waals surface area (Å²) < 4.78 is 4.53. The standard InChI is InChI=1S/C10H18O7/c1-2-17-8(14)4-3-6(12)9(15)10(16)7(13)5-11/h3-4,6-7,9-13,15-16H,2,5H2,1H3/b4-3+/t6-,7-,9-,10-/m1/s1. The number of hydrogen-bond donors (Lipinski definition) is 5. The van der Waals surface area contributed by atoms with Crippen molar-refractivity contribution in [2.45, 2.75) is 31.3 Å². The van der Waals surface area contributed by atoms with Crippen molar-refractivity contribution in [3.05, 3.63) is 12.2 Å². The van der Waals surface area contributed by atoms with Gasteiger partial charge in [-0.25, -0.2) is 4.79 Å². The first-order chi connectivity index (χ1) is 7.93. The van der Waals surface area contributed by atoms with Gasteiger partial charge in [0.1, 0.15) is 24.4 Å². The van der Waals surface area contributed by atoms with Crippen LogP contribution in [0, 0.1) is 0 Å². The van der Waals surface area contributed by atoms with E-state index in [1.807, 2.05) is 0 Å². The van der Waals surface area contributed by atoms with Crippen molar-refractivity contribution < 1.29 is 35.1 Å². The normalized spacial score (nSPS) is 18.7. The quantitative estimate of drug-likeness (QED) is 0.250. The molecule has 0 aliphatic rings. The van der Waals surface area contributed by atoms with Crippen LogP contribution in [0.15, 0.2) is 12.2 Å². The molecular weight excluding hydrogens is 232 g/mol. The van der Waals surface area contributed by atoms with Crippen LogP contribution in [0.2, 0.25) is 0 Å². The van der Waals surface area contributed by atoms with Crippen molar-refractivity contribution in [1.82, 2.24) is 0 Å². The molecule has 0 saturated heterocycles. The lowest BCUT2D eigenvalue weighted by Gasteiger charge is -2.23. The summed E-state index contributed by atoms with van der Waals surface area (Å²) >= 11 is 0. The van der Waals surface area contributed by atoms with Crippen molar-refractivity contribution in [2.24, 2.45) is 0 Å². The summed E-state index contributed by atoms with van der Waals surface area (Å²) in [6, 6.07) is 0. The van der Waals surface area contributed by atoms with Gasteiger partial charge >= 0.3 is 5.97 Å². The highest BCUT2D eigenvalue weighted by Crippen LogP contribution is 2.06. The van der Waals surface area contributed by atoms with Gasteiger partial charge in [0.25, 0.3) is 0 Å². The van der Waals surface area contributed by atoms with Crippen LogP contribution in [0.3, 0.4) is 0 Å². The third-order valence-electron chi connectivity index (χ3n) is 2.00. The monoisotopic (exact) mass is 250 g/mol. The summed E-state index contributed by atoms with van der Waals surface area (Å²) in [6.07, 6.45) is -4.75. The largest absolute Gasteiger partial charge is 0.463 e. The van der Waals surface area contributed by atoms with Crippen molar-refractivity contribution >= 4 is 5.97 Å². The molecule has 0 aromatic heterocycles. The van der Waals surface area contributed by atoms with E-state index in [1.54, 1.807) is 6.92 Å². The highest BCUT2D eigenvalue weighted by molar-refractivity contribution is 5.81. The van der Waals surface area contributed by atoms with Crippen LogP contribution < -0.4 is 0 Å². The second kappa shape index (κ2) is 8.15. The average Bonchev–Trinajstić information content (AvgIpc) is 2.33. The van der Waals surface area contributed by atoms with Gasteiger partial charge in [0, 0.05) is 6.08 Å². The molecule has 0 heterocycles. The summed E-state index contributed by atoms with van der Waals surface area (Å²) in [5, 5.41) is 45.5. The van der Waals surface area contributed by atoms with Crippen LogP contribution in [-0.2, 0) is 9.53 Å². The molecule has 0 spiro atoms. The molecule has 0 radical (unpaired) electrons. The van der Waals surface area contributed by atoms with E-state index in [1.165, 1.54) is 0 Å². The number of carbonyl (C=O) groups is 1. The van der Waals surface area contributed by atoms with Crippen LogP contribution >= 0.6 is 0 Å². The molecule has 0 saturated carbocycles. The number of aliphatic hydroxyl groups excluding tert-OH is 5. The minimum absolute atomic E-state index is 0.174. The third-order valence-corrected chi connectivity index (χ3v) is 2.00. The maximum Gasteiger partial charge on any atom is 0.330 e. The smallest absolute Gasteiger partial charge is 0.330 e. The fourth-order valence-corrected chi connectivity index (χ4v) is 1.02. The van der Waals surface area contributed by atoms with Gasteiger partial charge in [-0.05, 0) is 13.0 Å². The first-order valence-corrected chi connectivity index (χ1v) is 5.12. The lowest BCUT2D eigenvalue weighted by Crippen LogP contribution is -2.45. The Hall–Kier alpha value is -0.990. The van der Waals surface area contributed by atoms with E-state index in [-0.39, 0.29) is 6.61 Å². The predicted molar refractivity (Wildman–Crippen MR) is 56.9 cm³/mol. The molecule has 0 rings (SSSR count). The Kier molecular flexibility index (Phi) is 7.68.